The van der Waals surface area contributed by atoms with Gasteiger partial charge in [-0.2, -0.15) is 8.78 Å². The van der Waals surface area contributed by atoms with Gasteiger partial charge in [0.15, 0.2) is 0 Å². The highest BCUT2D eigenvalue weighted by Gasteiger charge is 2.52. The van der Waals surface area contributed by atoms with Crippen LogP contribution in [0.5, 0.6) is 0 Å². The fraction of sp³-hybridized carbons (Fsp3) is 0.750. The van der Waals surface area contributed by atoms with Crippen molar-refractivity contribution >= 4 is 45.8 Å². The van der Waals surface area contributed by atoms with Gasteiger partial charge < -0.3 is 0 Å². The van der Waals surface area contributed by atoms with E-state index in [2.05, 4.69) is 18.2 Å². The minimum Gasteiger partial charge on any atom is -0.218 e. The molecule has 0 radical (unpaired) electrons. The Labute approximate surface area is 105 Å². The van der Waals surface area contributed by atoms with E-state index < -0.39 is 16.9 Å². The third kappa shape index (κ3) is 5.07. The maximum absolute atomic E-state index is 13.1. The van der Waals surface area contributed by atoms with Gasteiger partial charge >= 0.3 is 5.38 Å². The van der Waals surface area contributed by atoms with Crippen molar-refractivity contribution in [1.29, 1.82) is 0 Å². The summed E-state index contributed by atoms with van der Waals surface area (Å²) >= 11 is 11.4. The van der Waals surface area contributed by atoms with Gasteiger partial charge in [0, 0.05) is 10.3 Å². The molecule has 0 aromatic heterocycles. The van der Waals surface area contributed by atoms with Crippen molar-refractivity contribution in [2.24, 2.45) is 0 Å². The molecule has 0 saturated heterocycles. The van der Waals surface area contributed by atoms with Crippen LogP contribution in [0, 0.1) is 0 Å². The molecule has 0 amide bonds. The van der Waals surface area contributed by atoms with Crippen molar-refractivity contribution in [1.82, 2.24) is 0 Å². The Morgan fingerprint density at radius 1 is 1.36 bits per heavy atom. The molecule has 0 aliphatic carbocycles. The Morgan fingerprint density at radius 2 is 1.86 bits per heavy atom. The molecule has 0 saturated carbocycles. The predicted octanol–water partition coefficient (Wildman–Crippen LogP) is 4.88. The highest BCUT2D eigenvalue weighted by molar-refractivity contribution is 14.1. The van der Waals surface area contributed by atoms with Gasteiger partial charge in [0.1, 0.15) is 0 Å². The lowest BCUT2D eigenvalue weighted by molar-refractivity contribution is -0.0235. The van der Waals surface area contributed by atoms with Crippen LogP contribution in [-0.2, 0) is 0 Å². The van der Waals surface area contributed by atoms with Crippen LogP contribution < -0.4 is 0 Å². The molecule has 0 nitrogen and oxygen atoms in total. The Balaban J connectivity index is 4.15. The van der Waals surface area contributed by atoms with Crippen LogP contribution in [0.3, 0.4) is 0 Å². The predicted molar refractivity (Wildman–Crippen MR) is 62.3 cm³/mol. The molecule has 0 fully saturated rings. The molecule has 0 rings (SSSR count). The third-order valence-corrected chi connectivity index (χ3v) is 3.43. The smallest absolute Gasteiger partial charge is 0.218 e. The van der Waals surface area contributed by atoms with Crippen LogP contribution >= 0.6 is 45.8 Å². The van der Waals surface area contributed by atoms with Crippen LogP contribution in [0.15, 0.2) is 12.7 Å². The summed E-state index contributed by atoms with van der Waals surface area (Å²) in [5.74, 6) is 0. The SMILES string of the molecule is C=CCCC(I)CC(F)(Cl)C(F)(F)Cl. The lowest BCUT2D eigenvalue weighted by Crippen LogP contribution is -2.36. The van der Waals surface area contributed by atoms with Crippen molar-refractivity contribution in [3.05, 3.63) is 12.7 Å². The zero-order valence-electron chi connectivity index (χ0n) is 7.25. The first-order valence-corrected chi connectivity index (χ1v) is 5.90. The lowest BCUT2D eigenvalue weighted by atomic mass is 10.1. The van der Waals surface area contributed by atoms with Gasteiger partial charge in [-0.25, -0.2) is 4.39 Å². The third-order valence-electron chi connectivity index (χ3n) is 1.58. The monoisotopic (exact) mass is 360 g/mol. The van der Waals surface area contributed by atoms with Crippen molar-refractivity contribution < 1.29 is 13.2 Å². The van der Waals surface area contributed by atoms with Crippen LogP contribution in [0.1, 0.15) is 19.3 Å². The molecule has 0 heterocycles. The first-order chi connectivity index (χ1) is 6.20. The molecule has 84 valence electrons. The molecular weight excluding hydrogens is 351 g/mol. The van der Waals surface area contributed by atoms with E-state index in [-0.39, 0.29) is 3.92 Å². The van der Waals surface area contributed by atoms with Crippen LogP contribution in [0.25, 0.3) is 0 Å². The first-order valence-electron chi connectivity index (χ1n) is 3.90. The summed E-state index contributed by atoms with van der Waals surface area (Å²) in [4.78, 5) is 0. The number of allylic oxidation sites excluding steroid dienone is 1. The average molecular weight is 361 g/mol. The maximum atomic E-state index is 13.1. The van der Waals surface area contributed by atoms with E-state index in [0.29, 0.717) is 12.8 Å². The van der Waals surface area contributed by atoms with E-state index in [1.165, 1.54) is 0 Å². The molecule has 14 heavy (non-hydrogen) atoms. The quantitative estimate of drug-likeness (QED) is 0.359. The molecule has 0 bridgehead atoms. The average Bonchev–Trinajstić information content (AvgIpc) is 1.97. The van der Waals surface area contributed by atoms with Gasteiger partial charge in [0.2, 0.25) is 0 Å². The van der Waals surface area contributed by atoms with Gasteiger partial charge in [0.25, 0.3) is 5.13 Å². The second-order valence-electron chi connectivity index (χ2n) is 2.87. The topological polar surface area (TPSA) is 0 Å². The maximum Gasteiger partial charge on any atom is 0.369 e. The van der Waals surface area contributed by atoms with E-state index in [1.54, 1.807) is 6.08 Å². The molecule has 0 aromatic rings. The number of hydrogen-bond donors (Lipinski definition) is 0. The molecule has 2 atom stereocenters. The second-order valence-corrected chi connectivity index (χ2v) is 5.71. The van der Waals surface area contributed by atoms with Gasteiger partial charge in [-0.3, -0.25) is 0 Å². The van der Waals surface area contributed by atoms with E-state index in [9.17, 15) is 13.2 Å². The summed E-state index contributed by atoms with van der Waals surface area (Å²) in [6.45, 7) is 3.47. The standard InChI is InChI=1S/C8H10Cl2F3I/c1-2-3-4-6(14)5-7(9,11)8(10,12)13/h2,6H,1,3-5H2. The Kier molecular flexibility index (Phi) is 6.14. The molecule has 2 unspecified atom stereocenters. The molecule has 0 aliphatic heterocycles. The van der Waals surface area contributed by atoms with E-state index in [4.69, 9.17) is 11.6 Å². The van der Waals surface area contributed by atoms with Gasteiger partial charge in [-0.05, 0) is 24.4 Å². The molecular formula is C8H10Cl2F3I. The molecule has 0 aromatic carbocycles. The molecule has 0 spiro atoms. The normalized spacial score (nSPS) is 18.7. The number of alkyl halides is 6. The van der Waals surface area contributed by atoms with Gasteiger partial charge in [-0.15, -0.1) is 6.58 Å². The lowest BCUT2D eigenvalue weighted by Gasteiger charge is -2.24. The van der Waals surface area contributed by atoms with Crippen LogP contribution in [0.4, 0.5) is 13.2 Å². The van der Waals surface area contributed by atoms with E-state index >= 15 is 0 Å². The Hall–Kier alpha value is 0.840. The van der Waals surface area contributed by atoms with Crippen molar-refractivity contribution in [3.8, 4) is 0 Å². The fourth-order valence-corrected chi connectivity index (χ4v) is 2.28. The Morgan fingerprint density at radius 3 is 2.21 bits per heavy atom. The summed E-state index contributed by atoms with van der Waals surface area (Å²) in [5.41, 5.74) is 0. The highest BCUT2D eigenvalue weighted by atomic mass is 127. The fourth-order valence-electron chi connectivity index (χ4n) is 0.795. The minimum absolute atomic E-state index is 0.294. The Bertz CT molecular complexity index is 192. The minimum atomic E-state index is -4.04. The number of rotatable bonds is 6. The van der Waals surface area contributed by atoms with Crippen molar-refractivity contribution in [2.45, 2.75) is 33.7 Å². The van der Waals surface area contributed by atoms with Gasteiger partial charge in [0.05, 0.1) is 0 Å². The largest absolute Gasteiger partial charge is 0.369 e. The zero-order chi connectivity index (χ0) is 11.4. The van der Waals surface area contributed by atoms with Crippen molar-refractivity contribution in [3.63, 3.8) is 0 Å². The summed E-state index contributed by atoms with van der Waals surface area (Å²) in [5, 5.41) is -7.21. The zero-order valence-corrected chi connectivity index (χ0v) is 10.9. The molecule has 0 aliphatic rings. The van der Waals surface area contributed by atoms with Gasteiger partial charge in [-0.1, -0.05) is 40.3 Å². The van der Waals surface area contributed by atoms with E-state index in [0.717, 1.165) is 0 Å². The summed E-state index contributed by atoms with van der Waals surface area (Å²) < 4.78 is 37.7. The summed E-state index contributed by atoms with van der Waals surface area (Å²) in [6.07, 6.45) is 2.34. The molecule has 6 heteroatoms. The summed E-state index contributed by atoms with van der Waals surface area (Å²) in [7, 11) is 0. The van der Waals surface area contributed by atoms with Crippen LogP contribution in [0.2, 0.25) is 0 Å². The van der Waals surface area contributed by atoms with Crippen molar-refractivity contribution in [2.75, 3.05) is 0 Å². The first kappa shape index (κ1) is 14.8. The summed E-state index contributed by atoms with van der Waals surface area (Å²) in [6, 6.07) is 0. The van der Waals surface area contributed by atoms with E-state index in [1.807, 2.05) is 22.6 Å². The second kappa shape index (κ2) is 5.80. The number of hydrogen-bond acceptors (Lipinski definition) is 0. The number of halogens is 6. The molecule has 0 N–H and O–H groups in total. The van der Waals surface area contributed by atoms with Crippen LogP contribution in [-0.4, -0.2) is 14.4 Å². The highest BCUT2D eigenvalue weighted by Crippen LogP contribution is 2.44.